The first kappa shape index (κ1) is 23.7. The number of nitrogens with one attached hydrogen (secondary N) is 1. The second-order valence-corrected chi connectivity index (χ2v) is 10.2. The van der Waals surface area contributed by atoms with Gasteiger partial charge in [0.2, 0.25) is 0 Å². The third kappa shape index (κ3) is 5.26. The summed E-state index contributed by atoms with van der Waals surface area (Å²) in [5.41, 5.74) is 1.67. The van der Waals surface area contributed by atoms with Crippen LogP contribution in [0.1, 0.15) is 68.3 Å². The van der Waals surface area contributed by atoms with Crippen LogP contribution in [-0.4, -0.2) is 20.8 Å². The Hall–Kier alpha value is -2.96. The summed E-state index contributed by atoms with van der Waals surface area (Å²) in [4.78, 5) is 17.7. The van der Waals surface area contributed by atoms with Gasteiger partial charge in [-0.15, -0.1) is 0 Å². The molecule has 0 aliphatic rings. The van der Waals surface area contributed by atoms with Gasteiger partial charge in [-0.25, -0.2) is 13.8 Å². The van der Waals surface area contributed by atoms with Crippen LogP contribution in [0, 0.1) is 30.9 Å². The molecule has 0 unspecified atom stereocenters. The number of rotatable bonds is 6. The van der Waals surface area contributed by atoms with E-state index < -0.39 is 17.2 Å². The van der Waals surface area contributed by atoms with Crippen molar-refractivity contribution in [1.29, 1.82) is 0 Å². The summed E-state index contributed by atoms with van der Waals surface area (Å²) < 4.78 is 35.5. The summed E-state index contributed by atoms with van der Waals surface area (Å²) >= 11 is 0. The smallest absolute Gasteiger partial charge is 0.270 e. The highest BCUT2D eigenvalue weighted by Gasteiger charge is 2.29. The number of benzene rings is 1. The largest absolute Gasteiger partial charge is 0.485 e. The molecule has 2 aromatic heterocycles. The summed E-state index contributed by atoms with van der Waals surface area (Å²) in [5, 5.41) is 3.12. The lowest BCUT2D eigenvalue weighted by Gasteiger charge is -2.33. The van der Waals surface area contributed by atoms with Crippen LogP contribution in [0.5, 0.6) is 5.75 Å². The quantitative estimate of drug-likeness (QED) is 0.528. The third-order valence-electron chi connectivity index (χ3n) is 5.07. The Morgan fingerprint density at radius 1 is 1.12 bits per heavy atom. The van der Waals surface area contributed by atoms with Crippen molar-refractivity contribution >= 4 is 11.6 Å². The zero-order valence-corrected chi connectivity index (χ0v) is 19.8. The minimum atomic E-state index is -0.672. The molecule has 0 spiro atoms. The first-order chi connectivity index (χ1) is 14.8. The summed E-state index contributed by atoms with van der Waals surface area (Å²) in [5.74, 6) is -1.23. The van der Waals surface area contributed by atoms with Gasteiger partial charge < -0.3 is 10.1 Å². The Kier molecular flexibility index (Phi) is 6.31. The molecular weight excluding hydrogens is 412 g/mol. The van der Waals surface area contributed by atoms with Crippen LogP contribution < -0.4 is 10.1 Å². The maximum absolute atomic E-state index is 14.0. The molecule has 2 heterocycles. The number of imidazole rings is 1. The van der Waals surface area contributed by atoms with E-state index in [4.69, 9.17) is 4.74 Å². The number of halogens is 2. The molecule has 1 aromatic carbocycles. The van der Waals surface area contributed by atoms with Gasteiger partial charge in [-0.05, 0) is 63.3 Å². The highest BCUT2D eigenvalue weighted by atomic mass is 19.1. The number of aromatic nitrogens is 2. The number of hydrogen-bond acceptors (Lipinski definition) is 3. The van der Waals surface area contributed by atoms with Crippen molar-refractivity contribution in [1.82, 2.24) is 14.7 Å². The van der Waals surface area contributed by atoms with Crippen LogP contribution in [0.2, 0.25) is 0 Å². The van der Waals surface area contributed by atoms with E-state index in [1.807, 2.05) is 20.8 Å². The molecule has 0 saturated carbocycles. The van der Waals surface area contributed by atoms with Gasteiger partial charge in [-0.3, -0.25) is 9.20 Å². The molecule has 1 N–H and O–H groups in total. The van der Waals surface area contributed by atoms with Crippen molar-refractivity contribution in [2.24, 2.45) is 5.41 Å². The molecule has 7 heteroatoms. The summed E-state index contributed by atoms with van der Waals surface area (Å²) in [6.45, 7) is 13.7. The van der Waals surface area contributed by atoms with E-state index in [1.165, 1.54) is 18.2 Å². The lowest BCUT2D eigenvalue weighted by Crippen LogP contribution is -2.46. The van der Waals surface area contributed by atoms with Crippen LogP contribution in [0.15, 0.2) is 30.5 Å². The summed E-state index contributed by atoms with van der Waals surface area (Å²) in [6.07, 6.45) is 2.60. The highest BCUT2D eigenvalue weighted by Crippen LogP contribution is 2.29. The monoisotopic (exact) mass is 443 g/mol. The normalized spacial score (nSPS) is 12.3. The molecule has 172 valence electrons. The fraction of sp³-hybridized carbons (Fsp3) is 0.440. The Balaban J connectivity index is 1.95. The molecule has 0 atom stereocenters. The number of aryl methyl sites for hydroxylation is 2. The fourth-order valence-corrected chi connectivity index (χ4v) is 4.29. The molecule has 3 aromatic rings. The molecule has 0 aliphatic heterocycles. The lowest BCUT2D eigenvalue weighted by molar-refractivity contribution is 0.0884. The SMILES string of the molecule is Cc1cc(OCc2c(F)cccc2F)c2nc(C)c(C(=O)NC(C)(C)CC(C)(C)C)n2c1. The minimum absolute atomic E-state index is 0.0465. The predicted molar refractivity (Wildman–Crippen MR) is 121 cm³/mol. The van der Waals surface area contributed by atoms with Gasteiger partial charge >= 0.3 is 0 Å². The maximum Gasteiger partial charge on any atom is 0.270 e. The minimum Gasteiger partial charge on any atom is -0.485 e. The number of nitrogens with zero attached hydrogens (tertiary/aromatic N) is 2. The number of fused-ring (bicyclic) bond motifs is 1. The van der Waals surface area contributed by atoms with Gasteiger partial charge in [0.15, 0.2) is 11.4 Å². The fourth-order valence-electron chi connectivity index (χ4n) is 4.29. The maximum atomic E-state index is 14.0. The molecule has 32 heavy (non-hydrogen) atoms. The first-order valence-electron chi connectivity index (χ1n) is 10.6. The molecular formula is C25H31F2N3O2. The van der Waals surface area contributed by atoms with E-state index in [0.717, 1.165) is 12.0 Å². The van der Waals surface area contributed by atoms with E-state index in [0.29, 0.717) is 22.8 Å². The van der Waals surface area contributed by atoms with Crippen molar-refractivity contribution in [2.75, 3.05) is 0 Å². The van der Waals surface area contributed by atoms with Crippen LogP contribution >= 0.6 is 0 Å². The standard InChI is InChI=1S/C25H31F2N3O2/c1-15-11-20(32-13-17-18(26)9-8-10-19(17)27)22-28-16(2)21(30(22)12-15)23(31)29-25(6,7)14-24(3,4)5/h8-12H,13-14H2,1-7H3,(H,29,31). The Morgan fingerprint density at radius 2 is 1.75 bits per heavy atom. The van der Waals surface area contributed by atoms with Crippen molar-refractivity contribution < 1.29 is 18.3 Å². The molecule has 0 aliphatic carbocycles. The van der Waals surface area contributed by atoms with Crippen molar-refractivity contribution in [2.45, 2.75) is 67.0 Å². The van der Waals surface area contributed by atoms with Gasteiger partial charge in [0.05, 0.1) is 11.3 Å². The molecule has 5 nitrogen and oxygen atoms in total. The Bertz CT molecular complexity index is 1140. The topological polar surface area (TPSA) is 55.6 Å². The van der Waals surface area contributed by atoms with Gasteiger partial charge in [-0.2, -0.15) is 0 Å². The van der Waals surface area contributed by atoms with Crippen molar-refractivity contribution in [3.05, 3.63) is 64.6 Å². The second kappa shape index (κ2) is 8.52. The van der Waals surface area contributed by atoms with Gasteiger partial charge in [0, 0.05) is 11.7 Å². The van der Waals surface area contributed by atoms with E-state index >= 15 is 0 Å². The van der Waals surface area contributed by atoms with Crippen LogP contribution in [0.3, 0.4) is 0 Å². The van der Waals surface area contributed by atoms with Crippen molar-refractivity contribution in [3.8, 4) is 5.75 Å². The number of pyridine rings is 1. The van der Waals surface area contributed by atoms with Crippen LogP contribution in [0.4, 0.5) is 8.78 Å². The van der Waals surface area contributed by atoms with Crippen molar-refractivity contribution in [3.63, 3.8) is 0 Å². The van der Waals surface area contributed by atoms with Gasteiger partial charge in [-0.1, -0.05) is 26.8 Å². The van der Waals surface area contributed by atoms with Gasteiger partial charge in [0.1, 0.15) is 23.9 Å². The van der Waals surface area contributed by atoms with E-state index in [1.54, 1.807) is 23.6 Å². The number of amides is 1. The Morgan fingerprint density at radius 3 is 2.34 bits per heavy atom. The number of carbonyl (C=O) groups excluding carboxylic acids is 1. The molecule has 3 rings (SSSR count). The molecule has 1 amide bonds. The molecule has 0 saturated heterocycles. The van der Waals surface area contributed by atoms with E-state index in [9.17, 15) is 13.6 Å². The van der Waals surface area contributed by atoms with E-state index in [-0.39, 0.29) is 23.5 Å². The molecule has 0 fully saturated rings. The predicted octanol–water partition coefficient (Wildman–Crippen LogP) is 5.75. The average molecular weight is 444 g/mol. The van der Waals surface area contributed by atoms with Crippen LogP contribution in [0.25, 0.3) is 5.65 Å². The number of carbonyl (C=O) groups is 1. The molecule has 0 radical (unpaired) electrons. The zero-order chi connectivity index (χ0) is 23.8. The van der Waals surface area contributed by atoms with Crippen LogP contribution in [-0.2, 0) is 6.61 Å². The summed E-state index contributed by atoms with van der Waals surface area (Å²) in [7, 11) is 0. The Labute approximate surface area is 187 Å². The van der Waals surface area contributed by atoms with E-state index in [2.05, 4.69) is 31.1 Å². The molecule has 0 bridgehead atoms. The second-order valence-electron chi connectivity index (χ2n) is 10.2. The number of hydrogen-bond donors (Lipinski definition) is 1. The average Bonchev–Trinajstić information content (AvgIpc) is 2.94. The zero-order valence-electron chi connectivity index (χ0n) is 19.8. The first-order valence-corrected chi connectivity index (χ1v) is 10.6. The summed E-state index contributed by atoms with van der Waals surface area (Å²) in [6, 6.07) is 5.43. The number of ether oxygens (including phenoxy) is 1. The third-order valence-corrected chi connectivity index (χ3v) is 5.07. The lowest BCUT2D eigenvalue weighted by atomic mass is 9.82. The van der Waals surface area contributed by atoms with Gasteiger partial charge in [0.25, 0.3) is 5.91 Å². The highest BCUT2D eigenvalue weighted by molar-refractivity contribution is 5.95.